The zero-order valence-electron chi connectivity index (χ0n) is 9.59. The molecule has 1 aliphatic carbocycles. The van der Waals surface area contributed by atoms with Gasteiger partial charge in [0, 0.05) is 21.8 Å². The average Bonchev–Trinajstić information content (AvgIpc) is 2.56. The van der Waals surface area contributed by atoms with Crippen molar-refractivity contribution >= 4 is 27.3 Å². The van der Waals surface area contributed by atoms with Crippen LogP contribution in [0.3, 0.4) is 0 Å². The van der Waals surface area contributed by atoms with E-state index in [1.807, 2.05) is 11.3 Å². The average molecular weight is 288 g/mol. The van der Waals surface area contributed by atoms with Crippen molar-refractivity contribution in [1.29, 1.82) is 0 Å². The van der Waals surface area contributed by atoms with Crippen LogP contribution in [0.1, 0.15) is 48.9 Å². The van der Waals surface area contributed by atoms with E-state index >= 15 is 0 Å². The molecule has 1 saturated carbocycles. The molecule has 0 spiro atoms. The summed E-state index contributed by atoms with van der Waals surface area (Å²) in [7, 11) is 0. The monoisotopic (exact) mass is 287 g/mol. The van der Waals surface area contributed by atoms with Gasteiger partial charge in [0.05, 0.1) is 5.01 Å². The topological polar surface area (TPSA) is 12.9 Å². The maximum absolute atomic E-state index is 4.39. The lowest BCUT2D eigenvalue weighted by molar-refractivity contribution is 0.208. The summed E-state index contributed by atoms with van der Waals surface area (Å²) in [6.07, 6.45) is 5.96. The molecule has 84 valence electrons. The van der Waals surface area contributed by atoms with Crippen molar-refractivity contribution in [3.63, 3.8) is 0 Å². The molecule has 1 aromatic heterocycles. The Hall–Kier alpha value is 0.110. The predicted octanol–water partition coefficient (Wildman–Crippen LogP) is 4.51. The number of aryl methyl sites for hydroxylation is 1. The molecule has 0 amide bonds. The highest BCUT2D eigenvalue weighted by Crippen LogP contribution is 2.49. The molecule has 3 heteroatoms. The Balaban J connectivity index is 2.25. The minimum absolute atomic E-state index is 0.434. The molecule has 0 bridgehead atoms. The first-order valence-corrected chi connectivity index (χ1v) is 7.28. The molecule has 0 N–H and O–H groups in total. The van der Waals surface area contributed by atoms with Crippen molar-refractivity contribution in [2.24, 2.45) is 5.41 Å². The second-order valence-electron chi connectivity index (χ2n) is 5.19. The lowest BCUT2D eigenvalue weighted by Gasteiger charge is -2.40. The number of alkyl halides is 1. The van der Waals surface area contributed by atoms with Crippen LogP contribution in [0.4, 0.5) is 0 Å². The molecular formula is C12H18BrNS. The highest BCUT2D eigenvalue weighted by Gasteiger charge is 2.37. The van der Waals surface area contributed by atoms with Crippen LogP contribution < -0.4 is 0 Å². The third kappa shape index (κ3) is 2.44. The minimum atomic E-state index is 0.434. The van der Waals surface area contributed by atoms with Crippen molar-refractivity contribution in [1.82, 2.24) is 4.98 Å². The summed E-state index contributed by atoms with van der Waals surface area (Å²) in [5.41, 5.74) is 0.434. The Kier molecular flexibility index (Phi) is 3.22. The summed E-state index contributed by atoms with van der Waals surface area (Å²) >= 11 is 5.64. The van der Waals surface area contributed by atoms with Crippen LogP contribution in [0.2, 0.25) is 0 Å². The van der Waals surface area contributed by atoms with Crippen molar-refractivity contribution in [2.45, 2.75) is 50.8 Å². The van der Waals surface area contributed by atoms with Gasteiger partial charge in [0.25, 0.3) is 0 Å². The van der Waals surface area contributed by atoms with Crippen molar-refractivity contribution < 1.29 is 0 Å². The van der Waals surface area contributed by atoms with Crippen LogP contribution in [-0.4, -0.2) is 9.81 Å². The van der Waals surface area contributed by atoms with Crippen LogP contribution in [0.25, 0.3) is 0 Å². The summed E-state index contributed by atoms with van der Waals surface area (Å²) in [6.45, 7) is 6.88. The number of hydrogen-bond acceptors (Lipinski definition) is 2. The van der Waals surface area contributed by atoms with Gasteiger partial charge in [-0.3, -0.25) is 0 Å². The van der Waals surface area contributed by atoms with E-state index in [1.165, 1.54) is 29.1 Å². The molecule has 1 heterocycles. The van der Waals surface area contributed by atoms with E-state index < -0.39 is 0 Å². The minimum Gasteiger partial charge on any atom is -0.250 e. The Morgan fingerprint density at radius 3 is 2.87 bits per heavy atom. The number of hydrogen-bond donors (Lipinski definition) is 0. The lowest BCUT2D eigenvalue weighted by Crippen LogP contribution is -2.29. The first kappa shape index (κ1) is 11.6. The molecule has 2 unspecified atom stereocenters. The molecule has 0 aromatic carbocycles. The summed E-state index contributed by atoms with van der Waals surface area (Å²) in [4.78, 5) is 6.55. The second kappa shape index (κ2) is 4.17. The first-order chi connectivity index (χ1) is 6.99. The zero-order chi connectivity index (χ0) is 11.1. The van der Waals surface area contributed by atoms with Gasteiger partial charge < -0.3 is 0 Å². The number of nitrogens with zero attached hydrogens (tertiary/aromatic N) is 1. The van der Waals surface area contributed by atoms with Gasteiger partial charge in [0.15, 0.2) is 0 Å². The second-order valence-corrected chi connectivity index (χ2v) is 7.76. The van der Waals surface area contributed by atoms with Gasteiger partial charge >= 0.3 is 0 Å². The molecule has 2 rings (SSSR count). The van der Waals surface area contributed by atoms with Gasteiger partial charge in [-0.05, 0) is 31.6 Å². The van der Waals surface area contributed by atoms with E-state index in [0.717, 1.165) is 0 Å². The molecule has 0 radical (unpaired) electrons. The van der Waals surface area contributed by atoms with Gasteiger partial charge in [-0.1, -0.05) is 29.8 Å². The number of halogens is 1. The van der Waals surface area contributed by atoms with E-state index in [9.17, 15) is 0 Å². The summed E-state index contributed by atoms with van der Waals surface area (Å²) in [6, 6.07) is 0. The highest BCUT2D eigenvalue weighted by atomic mass is 79.9. The van der Waals surface area contributed by atoms with Gasteiger partial charge in [0.1, 0.15) is 0 Å². The SMILES string of the molecule is Cc1ncc(C2CC(Br)CCC2(C)C)s1. The lowest BCUT2D eigenvalue weighted by atomic mass is 9.68. The largest absolute Gasteiger partial charge is 0.250 e. The molecule has 1 nitrogen and oxygen atoms in total. The summed E-state index contributed by atoms with van der Waals surface area (Å²) < 4.78 is 0. The van der Waals surface area contributed by atoms with E-state index in [4.69, 9.17) is 0 Å². The van der Waals surface area contributed by atoms with Crippen LogP contribution in [0.5, 0.6) is 0 Å². The van der Waals surface area contributed by atoms with Gasteiger partial charge in [-0.15, -0.1) is 11.3 Å². The fraction of sp³-hybridized carbons (Fsp3) is 0.750. The van der Waals surface area contributed by atoms with Crippen LogP contribution in [0, 0.1) is 12.3 Å². The predicted molar refractivity (Wildman–Crippen MR) is 69.9 cm³/mol. The summed E-state index contributed by atoms with van der Waals surface area (Å²) in [5, 5.41) is 1.19. The molecule has 0 saturated heterocycles. The fourth-order valence-corrected chi connectivity index (χ4v) is 4.15. The highest BCUT2D eigenvalue weighted by molar-refractivity contribution is 9.09. The van der Waals surface area contributed by atoms with Crippen molar-refractivity contribution in [2.75, 3.05) is 0 Å². The van der Waals surface area contributed by atoms with Crippen molar-refractivity contribution in [3.8, 4) is 0 Å². The Morgan fingerprint density at radius 1 is 1.53 bits per heavy atom. The Bertz CT molecular complexity index is 345. The third-order valence-electron chi connectivity index (χ3n) is 3.52. The molecule has 2 atom stereocenters. The first-order valence-electron chi connectivity index (χ1n) is 5.55. The molecule has 1 aromatic rings. The quantitative estimate of drug-likeness (QED) is 0.693. The van der Waals surface area contributed by atoms with Crippen LogP contribution >= 0.6 is 27.3 Å². The van der Waals surface area contributed by atoms with Crippen molar-refractivity contribution in [3.05, 3.63) is 16.1 Å². The van der Waals surface area contributed by atoms with Crippen LogP contribution in [-0.2, 0) is 0 Å². The smallest absolute Gasteiger partial charge is 0.0896 e. The maximum atomic E-state index is 4.39. The Morgan fingerprint density at radius 2 is 2.27 bits per heavy atom. The number of thiazole rings is 1. The van der Waals surface area contributed by atoms with E-state index in [0.29, 0.717) is 16.2 Å². The normalized spacial score (nSPS) is 30.4. The van der Waals surface area contributed by atoms with E-state index in [1.54, 1.807) is 0 Å². The van der Waals surface area contributed by atoms with E-state index in [2.05, 4.69) is 47.9 Å². The number of aromatic nitrogens is 1. The van der Waals surface area contributed by atoms with Crippen LogP contribution in [0.15, 0.2) is 6.20 Å². The fourth-order valence-electron chi connectivity index (χ4n) is 2.44. The molecule has 15 heavy (non-hydrogen) atoms. The standard InChI is InChI=1S/C12H18BrNS/c1-8-14-7-11(15-8)10-6-9(13)4-5-12(10,2)3/h7,9-10H,4-6H2,1-3H3. The van der Waals surface area contributed by atoms with Gasteiger partial charge in [-0.25, -0.2) is 4.98 Å². The zero-order valence-corrected chi connectivity index (χ0v) is 12.0. The van der Waals surface area contributed by atoms with Gasteiger partial charge in [0.2, 0.25) is 0 Å². The maximum Gasteiger partial charge on any atom is 0.0896 e. The Labute approximate surface area is 104 Å². The molecular weight excluding hydrogens is 270 g/mol. The molecule has 1 aliphatic rings. The molecule has 1 fully saturated rings. The van der Waals surface area contributed by atoms with Gasteiger partial charge in [-0.2, -0.15) is 0 Å². The number of rotatable bonds is 1. The van der Waals surface area contributed by atoms with E-state index in [-0.39, 0.29) is 0 Å². The third-order valence-corrected chi connectivity index (χ3v) is 5.38. The molecule has 0 aliphatic heterocycles. The summed E-state index contributed by atoms with van der Waals surface area (Å²) in [5.74, 6) is 0.682.